The van der Waals surface area contributed by atoms with Gasteiger partial charge < -0.3 is 19.8 Å². The minimum atomic E-state index is -1.12. The summed E-state index contributed by atoms with van der Waals surface area (Å²) in [7, 11) is 0. The van der Waals surface area contributed by atoms with Crippen LogP contribution in [0.3, 0.4) is 0 Å². The number of hydrogen-bond acceptors (Lipinski definition) is 5. The molecule has 0 fully saturated rings. The lowest BCUT2D eigenvalue weighted by atomic mass is 9.90. The number of aromatic carboxylic acids is 1. The Morgan fingerprint density at radius 3 is 1.27 bits per heavy atom. The molecule has 0 heterocycles. The molecule has 0 aliphatic rings. The highest BCUT2D eigenvalue weighted by Gasteiger charge is 2.30. The number of carbonyl (C=O) groups is 1. The van der Waals surface area contributed by atoms with E-state index in [0.29, 0.717) is 31.8 Å². The number of unbranched alkanes of at least 4 members (excludes halogenated alkanes) is 24. The molecular weight excluding hydrogens is 612 g/mol. The Kier molecular flexibility index (Phi) is 29.4. The van der Waals surface area contributed by atoms with E-state index in [2.05, 4.69) is 27.7 Å². The van der Waals surface area contributed by atoms with Gasteiger partial charge in [0, 0.05) is 5.56 Å². The molecule has 0 aliphatic heterocycles. The van der Waals surface area contributed by atoms with E-state index in [1.807, 2.05) is 0 Å². The van der Waals surface area contributed by atoms with Gasteiger partial charge in [0.05, 0.1) is 13.2 Å². The summed E-state index contributed by atoms with van der Waals surface area (Å²) in [6.07, 6.45) is 34.0. The molecule has 0 unspecified atom stereocenters. The Hall–Kier alpha value is -1.95. The molecule has 1 aromatic rings. The van der Waals surface area contributed by atoms with Crippen LogP contribution >= 0.6 is 0 Å². The van der Waals surface area contributed by atoms with Crippen LogP contribution in [0.25, 0.3) is 0 Å². The molecule has 2 N–H and O–H groups in total. The molecule has 286 valence electrons. The molecule has 6 heteroatoms. The monoisotopic (exact) mass is 691 g/mol. The van der Waals surface area contributed by atoms with Gasteiger partial charge in [-0.3, -0.25) is 0 Å². The van der Waals surface area contributed by atoms with E-state index in [9.17, 15) is 15.0 Å². The Balaban J connectivity index is 3.19. The van der Waals surface area contributed by atoms with Gasteiger partial charge in [0.15, 0.2) is 11.5 Å². The van der Waals surface area contributed by atoms with E-state index in [-0.39, 0.29) is 17.1 Å². The molecule has 1 aromatic carbocycles. The van der Waals surface area contributed by atoms with Crippen LogP contribution in [-0.4, -0.2) is 29.4 Å². The summed E-state index contributed by atoms with van der Waals surface area (Å²) in [5.41, 5.74) is 1.57. The Morgan fingerprint density at radius 2 is 0.837 bits per heavy atom. The molecule has 6 nitrogen and oxygen atoms in total. The normalized spacial score (nSPS) is 11.3. The summed E-state index contributed by atoms with van der Waals surface area (Å²) in [6.45, 7) is 9.83. The highest BCUT2D eigenvalue weighted by atomic mass is 17.2. The van der Waals surface area contributed by atoms with Gasteiger partial charge in [-0.1, -0.05) is 182 Å². The van der Waals surface area contributed by atoms with E-state index in [1.165, 1.54) is 122 Å². The highest BCUT2D eigenvalue weighted by Crippen LogP contribution is 2.46. The molecular formula is C43H78O6. The van der Waals surface area contributed by atoms with Crippen molar-refractivity contribution in [3.8, 4) is 17.2 Å². The zero-order valence-electron chi connectivity index (χ0n) is 32.7. The van der Waals surface area contributed by atoms with Crippen LogP contribution in [0.5, 0.6) is 17.2 Å². The molecule has 0 atom stereocenters. The lowest BCUT2D eigenvalue weighted by Gasteiger charge is -2.22. The van der Waals surface area contributed by atoms with Crippen LogP contribution in [0, 0.1) is 0 Å². The van der Waals surface area contributed by atoms with Gasteiger partial charge in [-0.2, -0.15) is 4.89 Å². The van der Waals surface area contributed by atoms with Crippen molar-refractivity contribution in [2.75, 3.05) is 13.2 Å². The lowest BCUT2D eigenvalue weighted by molar-refractivity contribution is -0.209. The van der Waals surface area contributed by atoms with Gasteiger partial charge in [-0.05, 0) is 44.1 Å². The molecule has 0 saturated heterocycles. The molecule has 0 amide bonds. The first-order chi connectivity index (χ1) is 24.0. The average Bonchev–Trinajstić information content (AvgIpc) is 3.09. The number of benzene rings is 1. The van der Waals surface area contributed by atoms with E-state index < -0.39 is 5.97 Å². The third-order valence-electron chi connectivity index (χ3n) is 9.84. The third kappa shape index (κ3) is 21.1. The van der Waals surface area contributed by atoms with Gasteiger partial charge in [-0.25, -0.2) is 4.79 Å². The molecule has 1 rings (SSSR count). The van der Waals surface area contributed by atoms with Crippen LogP contribution in [-0.2, 0) is 17.7 Å². The molecule has 0 spiro atoms. The first kappa shape index (κ1) is 45.1. The van der Waals surface area contributed by atoms with Gasteiger partial charge in [0.1, 0.15) is 5.56 Å². The van der Waals surface area contributed by atoms with Crippen LogP contribution in [0.15, 0.2) is 0 Å². The molecule has 0 radical (unpaired) electrons. The number of aromatic hydroxyl groups is 1. The standard InChI is InChI=1S/C43H78O6/c1-5-9-13-17-21-23-27-31-35-47-41-38(34-30-26-20-16-12-8-4)37(33-29-25-19-15-11-7-3)39(43(45)46)40(44)42(41)49-48-36-32-28-24-22-18-14-10-6-2/h44H,5-36H2,1-4H3,(H,45,46). The van der Waals surface area contributed by atoms with Gasteiger partial charge in [0.2, 0.25) is 5.75 Å². The van der Waals surface area contributed by atoms with E-state index in [0.717, 1.165) is 68.9 Å². The molecule has 49 heavy (non-hydrogen) atoms. The van der Waals surface area contributed by atoms with E-state index in [4.69, 9.17) is 14.5 Å². The van der Waals surface area contributed by atoms with Crippen molar-refractivity contribution in [3.63, 3.8) is 0 Å². The predicted octanol–water partition coefficient (Wildman–Crippen LogP) is 13.9. The van der Waals surface area contributed by atoms with Gasteiger partial charge in [-0.15, -0.1) is 0 Å². The van der Waals surface area contributed by atoms with Crippen molar-refractivity contribution in [2.45, 2.75) is 220 Å². The zero-order valence-corrected chi connectivity index (χ0v) is 32.7. The molecule has 0 saturated carbocycles. The van der Waals surface area contributed by atoms with E-state index in [1.54, 1.807) is 0 Å². The zero-order chi connectivity index (χ0) is 35.8. The summed E-state index contributed by atoms with van der Waals surface area (Å²) in [5.74, 6) is -0.938. The average molecular weight is 691 g/mol. The Bertz CT molecular complexity index is 930. The van der Waals surface area contributed by atoms with Crippen molar-refractivity contribution >= 4 is 5.97 Å². The second-order valence-electron chi connectivity index (χ2n) is 14.4. The Labute approximate surface area is 302 Å². The minimum Gasteiger partial charge on any atom is -0.503 e. The van der Waals surface area contributed by atoms with Crippen molar-refractivity contribution in [2.24, 2.45) is 0 Å². The van der Waals surface area contributed by atoms with Crippen LogP contribution < -0.4 is 9.62 Å². The van der Waals surface area contributed by atoms with Crippen LogP contribution in [0.4, 0.5) is 0 Å². The fourth-order valence-electron chi connectivity index (χ4n) is 6.76. The SMILES string of the molecule is CCCCCCCCCCOOc1c(O)c(C(=O)O)c(CCCCCCCC)c(CCCCCCCC)c1OCCCCCCCCCC. The minimum absolute atomic E-state index is 0.0420. The summed E-state index contributed by atoms with van der Waals surface area (Å²) in [6, 6.07) is 0. The van der Waals surface area contributed by atoms with Crippen molar-refractivity contribution < 1.29 is 29.5 Å². The number of phenols is 1. The number of rotatable bonds is 36. The van der Waals surface area contributed by atoms with Crippen LogP contribution in [0.1, 0.15) is 229 Å². The summed E-state index contributed by atoms with van der Waals surface area (Å²) >= 11 is 0. The van der Waals surface area contributed by atoms with Crippen molar-refractivity contribution in [3.05, 3.63) is 16.7 Å². The highest BCUT2D eigenvalue weighted by molar-refractivity contribution is 5.95. The molecule has 0 bridgehead atoms. The maximum atomic E-state index is 12.8. The lowest BCUT2D eigenvalue weighted by Crippen LogP contribution is -2.13. The first-order valence-corrected chi connectivity index (χ1v) is 21.1. The van der Waals surface area contributed by atoms with Gasteiger partial charge in [0.25, 0.3) is 0 Å². The maximum Gasteiger partial charge on any atom is 0.339 e. The quantitative estimate of drug-likeness (QED) is 0.0414. The largest absolute Gasteiger partial charge is 0.503 e. The first-order valence-electron chi connectivity index (χ1n) is 21.1. The molecule has 0 aromatic heterocycles. The Morgan fingerprint density at radius 1 is 0.469 bits per heavy atom. The van der Waals surface area contributed by atoms with Crippen LogP contribution in [0.2, 0.25) is 0 Å². The predicted molar refractivity (Wildman–Crippen MR) is 207 cm³/mol. The fourth-order valence-corrected chi connectivity index (χ4v) is 6.76. The topological polar surface area (TPSA) is 85.2 Å². The third-order valence-corrected chi connectivity index (χ3v) is 9.84. The number of hydrogen-bond donors (Lipinski definition) is 2. The van der Waals surface area contributed by atoms with Gasteiger partial charge >= 0.3 is 5.97 Å². The smallest absolute Gasteiger partial charge is 0.339 e. The van der Waals surface area contributed by atoms with Crippen molar-refractivity contribution in [1.29, 1.82) is 0 Å². The summed E-state index contributed by atoms with van der Waals surface area (Å²) in [4.78, 5) is 24.3. The maximum absolute atomic E-state index is 12.8. The number of carboxylic acid groups (broad SMARTS) is 1. The number of ether oxygens (including phenoxy) is 1. The second kappa shape index (κ2) is 32.0. The van der Waals surface area contributed by atoms with Crippen molar-refractivity contribution in [1.82, 2.24) is 0 Å². The van der Waals surface area contributed by atoms with E-state index >= 15 is 0 Å². The summed E-state index contributed by atoms with van der Waals surface area (Å²) in [5, 5.41) is 21.9. The molecule has 0 aliphatic carbocycles. The second-order valence-corrected chi connectivity index (χ2v) is 14.4. The fraction of sp³-hybridized carbons (Fsp3) is 0.837. The summed E-state index contributed by atoms with van der Waals surface area (Å²) < 4.78 is 6.51. The number of carboxylic acids is 1.